The van der Waals surface area contributed by atoms with Gasteiger partial charge in [0, 0.05) is 12.1 Å². The fourth-order valence-corrected chi connectivity index (χ4v) is 6.55. The molecule has 0 fully saturated rings. The maximum Gasteiger partial charge on any atom is 0.480 e. The molecule has 310 valence electrons. The lowest BCUT2D eigenvalue weighted by Gasteiger charge is -2.22. The Morgan fingerprint density at radius 3 is 1.07 bits per heavy atom. The highest BCUT2D eigenvalue weighted by molar-refractivity contribution is 8.13. The van der Waals surface area contributed by atoms with Crippen molar-refractivity contribution >= 4 is 40.1 Å². The molecule has 15 nitrogen and oxygen atoms in total. The van der Waals surface area contributed by atoms with E-state index >= 15 is 0 Å². The maximum absolute atomic E-state index is 11.4. The number of hydrogen-bond donors (Lipinski definition) is 0. The molecule has 3 heterocycles. The zero-order valence-electron chi connectivity index (χ0n) is 27.0. The summed E-state index contributed by atoms with van der Waals surface area (Å²) in [7, 11) is -26.9. The number of pyridine rings is 1. The van der Waals surface area contributed by atoms with Gasteiger partial charge in [-0.1, -0.05) is 32.8 Å². The fraction of sp³-hybridized carbons (Fsp3) is 0.522. The van der Waals surface area contributed by atoms with E-state index in [1.165, 1.54) is 25.7 Å². The molecule has 31 heteroatoms. The van der Waals surface area contributed by atoms with Crippen LogP contribution < -0.4 is 9.13 Å². The SMILES string of the molecule is CCCC[n+]1ccn(-c2cccc(-n3cc[n+](CCCC)c3)n2)c1.O=S(=O)([N-]S(=O)(=O)C(F)(F)F)C(F)(F)F.O=S(=O)([N-]S(=O)(=O)C(F)(F)F)C(F)(F)F. The van der Waals surface area contributed by atoms with Crippen molar-refractivity contribution in [1.29, 1.82) is 0 Å². The van der Waals surface area contributed by atoms with Crippen molar-refractivity contribution in [3.63, 3.8) is 0 Å². The van der Waals surface area contributed by atoms with Crippen LogP contribution in [0, 0.1) is 0 Å². The molecule has 3 aromatic heterocycles. The van der Waals surface area contributed by atoms with Crippen LogP contribution in [0.25, 0.3) is 19.9 Å². The van der Waals surface area contributed by atoms with E-state index in [0.717, 1.165) is 33.0 Å². The quantitative estimate of drug-likeness (QED) is 0.179. The molecule has 0 spiro atoms. The number of imidazole rings is 2. The zero-order chi connectivity index (χ0) is 42.2. The molecule has 0 aliphatic carbocycles. The molecule has 0 radical (unpaired) electrons. The summed E-state index contributed by atoms with van der Waals surface area (Å²) in [4.78, 5) is 4.80. The summed E-state index contributed by atoms with van der Waals surface area (Å²) in [5.41, 5.74) is -24.8. The molecule has 0 atom stereocenters. The number of aryl methyl sites for hydroxylation is 2. The lowest BCUT2D eigenvalue weighted by molar-refractivity contribution is -0.696. The number of alkyl halides is 12. The van der Waals surface area contributed by atoms with Gasteiger partial charge in [-0.2, -0.15) is 66.8 Å². The fourth-order valence-electron chi connectivity index (χ4n) is 3.13. The number of sulfonamides is 4. The van der Waals surface area contributed by atoms with Crippen molar-refractivity contribution in [1.82, 2.24) is 14.1 Å². The Labute approximate surface area is 299 Å². The summed E-state index contributed by atoms with van der Waals surface area (Å²) in [6.45, 7) is 6.54. The van der Waals surface area contributed by atoms with E-state index < -0.39 is 62.1 Å². The molecular weight excluding hydrogens is 859 g/mol. The molecule has 3 aromatic rings. The smallest absolute Gasteiger partial charge is 0.421 e. The second-order valence-electron chi connectivity index (χ2n) is 10.0. The zero-order valence-corrected chi connectivity index (χ0v) is 30.3. The Morgan fingerprint density at radius 2 is 0.833 bits per heavy atom. The Bertz CT molecular complexity index is 1900. The molecule has 0 saturated carbocycles. The third-order valence-corrected chi connectivity index (χ3v) is 11.2. The predicted octanol–water partition coefficient (Wildman–Crippen LogP) is 4.96. The highest BCUT2D eigenvalue weighted by Crippen LogP contribution is 2.37. The van der Waals surface area contributed by atoms with Gasteiger partial charge in [0.05, 0.1) is 13.1 Å². The van der Waals surface area contributed by atoms with E-state index in [4.69, 9.17) is 4.98 Å². The van der Waals surface area contributed by atoms with E-state index in [2.05, 4.69) is 75.6 Å². The van der Waals surface area contributed by atoms with Crippen LogP contribution in [0.3, 0.4) is 0 Å². The normalized spacial score (nSPS) is 13.4. The van der Waals surface area contributed by atoms with E-state index in [1.54, 1.807) is 0 Å². The second-order valence-corrected chi connectivity index (χ2v) is 16.9. The van der Waals surface area contributed by atoms with Crippen molar-refractivity contribution in [2.75, 3.05) is 0 Å². The monoisotopic (exact) mass is 885 g/mol. The summed E-state index contributed by atoms with van der Waals surface area (Å²) in [5.74, 6) is 1.88. The van der Waals surface area contributed by atoms with Crippen molar-refractivity contribution in [3.05, 3.63) is 63.9 Å². The van der Waals surface area contributed by atoms with Crippen LogP contribution in [-0.2, 0) is 53.2 Å². The molecule has 54 heavy (non-hydrogen) atoms. The summed E-state index contributed by atoms with van der Waals surface area (Å²) >= 11 is 0. The van der Waals surface area contributed by atoms with E-state index in [9.17, 15) is 86.4 Å². The van der Waals surface area contributed by atoms with Crippen molar-refractivity contribution in [2.24, 2.45) is 0 Å². The minimum absolute atomic E-state index is 0.778. The average molecular weight is 886 g/mol. The first kappa shape index (κ1) is 48.5. The van der Waals surface area contributed by atoms with Crippen molar-refractivity contribution < 1.29 is 95.5 Å². The molecular formula is C23H27F12N7O8S4. The highest BCUT2D eigenvalue weighted by atomic mass is 32.3. The molecule has 0 bridgehead atoms. The number of unbranched alkanes of at least 4 members (excludes halogenated alkanes) is 2. The number of nitrogens with zero attached hydrogens (tertiary/aromatic N) is 7. The van der Waals surface area contributed by atoms with Gasteiger partial charge in [-0.3, -0.25) is 0 Å². The van der Waals surface area contributed by atoms with E-state index in [1.807, 2.05) is 12.1 Å². The Hall–Kier alpha value is -3.55. The van der Waals surface area contributed by atoms with Crippen LogP contribution in [0.1, 0.15) is 39.5 Å². The van der Waals surface area contributed by atoms with Crippen LogP contribution in [0.2, 0.25) is 0 Å². The number of halogens is 12. The molecule has 0 aliphatic heterocycles. The topological polar surface area (TPSA) is 195 Å². The van der Waals surface area contributed by atoms with Crippen LogP contribution in [0.5, 0.6) is 0 Å². The van der Waals surface area contributed by atoms with E-state index in [-0.39, 0.29) is 0 Å². The Kier molecular flexibility index (Phi) is 16.1. The molecule has 0 aliphatic rings. The van der Waals surface area contributed by atoms with E-state index in [0.29, 0.717) is 0 Å². The Morgan fingerprint density at radius 1 is 0.556 bits per heavy atom. The minimum atomic E-state index is -6.72. The lowest BCUT2D eigenvalue weighted by Crippen LogP contribution is -2.30. The van der Waals surface area contributed by atoms with Gasteiger partial charge in [-0.05, 0) is 12.8 Å². The van der Waals surface area contributed by atoms with Crippen LogP contribution >= 0.6 is 0 Å². The summed E-state index contributed by atoms with van der Waals surface area (Å²) in [5, 5.41) is 0. The summed E-state index contributed by atoms with van der Waals surface area (Å²) < 4.78 is 227. The molecule has 0 unspecified atom stereocenters. The van der Waals surface area contributed by atoms with Gasteiger partial charge in [0.1, 0.15) is 24.8 Å². The van der Waals surface area contributed by atoms with Crippen LogP contribution in [0.15, 0.2) is 55.6 Å². The number of aromatic nitrogens is 5. The molecule has 3 rings (SSSR count). The largest absolute Gasteiger partial charge is 0.480 e. The highest BCUT2D eigenvalue weighted by Gasteiger charge is 2.48. The number of hydrogen-bond acceptors (Lipinski definition) is 9. The lowest BCUT2D eigenvalue weighted by atomic mass is 10.3. The van der Waals surface area contributed by atoms with Crippen molar-refractivity contribution in [3.8, 4) is 11.6 Å². The van der Waals surface area contributed by atoms with Crippen LogP contribution in [-0.4, -0.2) is 69.8 Å². The second kappa shape index (κ2) is 17.9. The first-order valence-corrected chi connectivity index (χ1v) is 19.8. The molecule has 0 aromatic carbocycles. The first-order chi connectivity index (χ1) is 24.2. The van der Waals surface area contributed by atoms with Gasteiger partial charge < -0.3 is 8.25 Å². The average Bonchev–Trinajstić information content (AvgIpc) is 3.67. The van der Waals surface area contributed by atoms with Crippen molar-refractivity contribution in [2.45, 2.75) is 74.7 Å². The summed E-state index contributed by atoms with van der Waals surface area (Å²) in [6.07, 6.45) is 17.4. The van der Waals surface area contributed by atoms with Gasteiger partial charge >= 0.3 is 22.0 Å². The maximum atomic E-state index is 11.4. The molecule has 0 N–H and O–H groups in total. The van der Waals surface area contributed by atoms with Gasteiger partial charge in [0.2, 0.25) is 24.3 Å². The predicted molar refractivity (Wildman–Crippen MR) is 160 cm³/mol. The molecule has 0 amide bonds. The third kappa shape index (κ3) is 13.9. The Balaban J connectivity index is 0.000000428. The van der Waals surface area contributed by atoms with Gasteiger partial charge in [-0.25, -0.2) is 42.8 Å². The first-order valence-electron chi connectivity index (χ1n) is 14.1. The number of rotatable bonds is 12. The van der Waals surface area contributed by atoms with Gasteiger partial charge in [-0.15, -0.1) is 0 Å². The van der Waals surface area contributed by atoms with Gasteiger partial charge in [0.15, 0.2) is 40.1 Å². The minimum Gasteiger partial charge on any atom is -0.421 e. The third-order valence-electron chi connectivity index (χ3n) is 5.73. The summed E-state index contributed by atoms with van der Waals surface area (Å²) in [6, 6.07) is 6.15. The molecule has 0 saturated heterocycles. The van der Waals surface area contributed by atoms with Gasteiger partial charge in [0.25, 0.3) is 0 Å². The standard InChI is InChI=1S/C19H27N5.2C2F6NO4S2/c1-3-5-10-21-12-14-23(16-21)18-8-7-9-19(20-18)24-15-13-22(17-24)11-6-4-2;2*3-1(4,5)14(10,11)9-15(12,13)2(6,7)8/h7-9,12-17H,3-6,10-11H2,1-2H3;;/q+2;2*-1. The van der Waals surface area contributed by atoms with Crippen LogP contribution in [0.4, 0.5) is 52.7 Å².